The molecule has 1 atom stereocenters. The Morgan fingerprint density at radius 1 is 1.52 bits per heavy atom. The van der Waals surface area contributed by atoms with Gasteiger partial charge in [0.05, 0.1) is 6.20 Å². The summed E-state index contributed by atoms with van der Waals surface area (Å²) in [5, 5.41) is 6.90. The van der Waals surface area contributed by atoms with Gasteiger partial charge in [-0.05, 0) is 12.3 Å². The molecule has 0 saturated heterocycles. The molecule has 1 aliphatic heterocycles. The number of aryl methyl sites for hydroxylation is 2. The molecule has 2 aromatic heterocycles. The van der Waals surface area contributed by atoms with Crippen molar-refractivity contribution >= 4 is 11.8 Å². The van der Waals surface area contributed by atoms with Gasteiger partial charge in [0.2, 0.25) is 0 Å². The first-order valence-corrected chi connectivity index (χ1v) is 7.13. The molecular formula is C14H20N6O. The zero-order valence-electron chi connectivity index (χ0n) is 12.4. The van der Waals surface area contributed by atoms with E-state index in [9.17, 15) is 4.79 Å². The Kier molecular flexibility index (Phi) is 3.64. The molecule has 1 N–H and O–H groups in total. The number of fused-ring (bicyclic) bond motifs is 1. The minimum absolute atomic E-state index is 0.104. The number of hydrogen-bond donors (Lipinski definition) is 1. The average Bonchev–Trinajstić information content (AvgIpc) is 3.07. The van der Waals surface area contributed by atoms with Crippen LogP contribution in [0.5, 0.6) is 0 Å². The Morgan fingerprint density at radius 3 is 3.14 bits per heavy atom. The highest BCUT2D eigenvalue weighted by atomic mass is 16.2. The largest absolute Gasteiger partial charge is 0.335 e. The quantitative estimate of drug-likeness (QED) is 0.927. The topological polar surface area (TPSA) is 68.0 Å². The standard InChI is InChI=1S/C14H20N6O/c1-18(14(21)17-12-3-5-16-19(12)2)10-11-4-7-20-8-6-15-13(20)9-11/h3,5-6,8,11H,4,7,9-10H2,1-2H3,(H,17,21). The van der Waals surface area contributed by atoms with Gasteiger partial charge in [-0.25, -0.2) is 9.78 Å². The molecule has 0 aromatic carbocycles. The lowest BCUT2D eigenvalue weighted by molar-refractivity contribution is 0.207. The third kappa shape index (κ3) is 2.91. The van der Waals surface area contributed by atoms with Gasteiger partial charge in [-0.15, -0.1) is 0 Å². The van der Waals surface area contributed by atoms with E-state index in [1.54, 1.807) is 28.9 Å². The molecule has 1 aliphatic rings. The zero-order chi connectivity index (χ0) is 14.8. The maximum absolute atomic E-state index is 12.2. The smallest absolute Gasteiger partial charge is 0.322 e. The van der Waals surface area contributed by atoms with E-state index >= 15 is 0 Å². The predicted octanol–water partition coefficient (Wildman–Crippen LogP) is 1.34. The van der Waals surface area contributed by atoms with Crippen LogP contribution in [0.15, 0.2) is 24.7 Å². The third-order valence-electron chi connectivity index (χ3n) is 3.99. The monoisotopic (exact) mass is 288 g/mol. The van der Waals surface area contributed by atoms with E-state index < -0.39 is 0 Å². The Balaban J connectivity index is 1.56. The van der Waals surface area contributed by atoms with Crippen LogP contribution in [0.4, 0.5) is 10.6 Å². The van der Waals surface area contributed by atoms with E-state index in [4.69, 9.17) is 0 Å². The molecule has 0 spiro atoms. The highest BCUT2D eigenvalue weighted by Gasteiger charge is 2.22. The van der Waals surface area contributed by atoms with Gasteiger partial charge in [0.15, 0.2) is 0 Å². The number of imidazole rings is 1. The highest BCUT2D eigenvalue weighted by molar-refractivity contribution is 5.88. The Morgan fingerprint density at radius 2 is 2.38 bits per heavy atom. The summed E-state index contributed by atoms with van der Waals surface area (Å²) in [5.41, 5.74) is 0. The maximum atomic E-state index is 12.2. The van der Waals surface area contributed by atoms with Gasteiger partial charge in [-0.1, -0.05) is 0 Å². The molecule has 3 heterocycles. The molecule has 2 aromatic rings. The Hall–Kier alpha value is -2.31. The van der Waals surface area contributed by atoms with Crippen LogP contribution in [0.25, 0.3) is 0 Å². The van der Waals surface area contributed by atoms with Gasteiger partial charge in [0.25, 0.3) is 0 Å². The fourth-order valence-corrected chi connectivity index (χ4v) is 2.74. The van der Waals surface area contributed by atoms with Crippen molar-refractivity contribution < 1.29 is 4.79 Å². The second kappa shape index (κ2) is 5.59. The fraction of sp³-hybridized carbons (Fsp3) is 0.500. The summed E-state index contributed by atoms with van der Waals surface area (Å²) >= 11 is 0. The molecule has 7 heteroatoms. The van der Waals surface area contributed by atoms with Crippen LogP contribution >= 0.6 is 0 Å². The van der Waals surface area contributed by atoms with Gasteiger partial charge in [-0.2, -0.15) is 5.10 Å². The van der Waals surface area contributed by atoms with Gasteiger partial charge in [0.1, 0.15) is 11.6 Å². The van der Waals surface area contributed by atoms with Gasteiger partial charge in [-0.3, -0.25) is 10.00 Å². The molecule has 0 radical (unpaired) electrons. The number of nitrogens with one attached hydrogen (secondary N) is 1. The molecule has 3 rings (SSSR count). The van der Waals surface area contributed by atoms with Crippen molar-refractivity contribution in [2.75, 3.05) is 18.9 Å². The number of anilines is 1. The van der Waals surface area contributed by atoms with Crippen LogP contribution in [0.1, 0.15) is 12.2 Å². The number of nitrogens with zero attached hydrogens (tertiary/aromatic N) is 5. The summed E-state index contributed by atoms with van der Waals surface area (Å²) in [4.78, 5) is 18.3. The summed E-state index contributed by atoms with van der Waals surface area (Å²) in [7, 11) is 3.63. The Labute approximate surface area is 123 Å². The fourth-order valence-electron chi connectivity index (χ4n) is 2.74. The molecule has 2 amide bonds. The van der Waals surface area contributed by atoms with Gasteiger partial charge >= 0.3 is 6.03 Å². The second-order valence-corrected chi connectivity index (χ2v) is 5.55. The highest BCUT2D eigenvalue weighted by Crippen LogP contribution is 2.20. The SMILES string of the molecule is CN(CC1CCn2ccnc2C1)C(=O)Nc1ccnn1C. The van der Waals surface area contributed by atoms with Crippen LogP contribution in [0, 0.1) is 5.92 Å². The van der Waals surface area contributed by atoms with Crippen LogP contribution in [-0.4, -0.2) is 43.9 Å². The lowest BCUT2D eigenvalue weighted by atomic mass is 9.97. The molecule has 0 aliphatic carbocycles. The first-order chi connectivity index (χ1) is 10.1. The number of carbonyl (C=O) groups is 1. The molecule has 21 heavy (non-hydrogen) atoms. The first-order valence-electron chi connectivity index (χ1n) is 7.13. The van der Waals surface area contributed by atoms with Crippen LogP contribution < -0.4 is 5.32 Å². The minimum Gasteiger partial charge on any atom is -0.335 e. The van der Waals surface area contributed by atoms with E-state index in [-0.39, 0.29) is 6.03 Å². The minimum atomic E-state index is -0.104. The van der Waals surface area contributed by atoms with Crippen molar-refractivity contribution in [3.05, 3.63) is 30.5 Å². The van der Waals surface area contributed by atoms with Crippen LogP contribution in [-0.2, 0) is 20.0 Å². The van der Waals surface area contributed by atoms with E-state index in [0.29, 0.717) is 11.7 Å². The van der Waals surface area contributed by atoms with Crippen molar-refractivity contribution in [2.24, 2.45) is 13.0 Å². The van der Waals surface area contributed by atoms with E-state index in [1.165, 1.54) is 0 Å². The predicted molar refractivity (Wildman–Crippen MR) is 78.9 cm³/mol. The Bertz CT molecular complexity index is 631. The first kappa shape index (κ1) is 13.7. The maximum Gasteiger partial charge on any atom is 0.322 e. The molecule has 0 bridgehead atoms. The van der Waals surface area contributed by atoms with E-state index in [1.807, 2.05) is 19.4 Å². The summed E-state index contributed by atoms with van der Waals surface area (Å²) < 4.78 is 3.83. The van der Waals surface area contributed by atoms with Gasteiger partial charge < -0.3 is 9.47 Å². The molecule has 0 saturated carbocycles. The molecule has 112 valence electrons. The average molecular weight is 288 g/mol. The summed E-state index contributed by atoms with van der Waals surface area (Å²) in [6.07, 6.45) is 7.53. The number of hydrogen-bond acceptors (Lipinski definition) is 3. The van der Waals surface area contributed by atoms with Crippen molar-refractivity contribution in [2.45, 2.75) is 19.4 Å². The van der Waals surface area contributed by atoms with Crippen molar-refractivity contribution in [1.29, 1.82) is 0 Å². The zero-order valence-corrected chi connectivity index (χ0v) is 12.4. The van der Waals surface area contributed by atoms with Crippen LogP contribution in [0.2, 0.25) is 0 Å². The summed E-state index contributed by atoms with van der Waals surface area (Å²) in [6.45, 7) is 1.72. The normalized spacial score (nSPS) is 17.3. The lowest BCUT2D eigenvalue weighted by Gasteiger charge is -2.27. The number of urea groups is 1. The molecule has 7 nitrogen and oxygen atoms in total. The third-order valence-corrected chi connectivity index (χ3v) is 3.99. The summed E-state index contributed by atoms with van der Waals surface area (Å²) in [6, 6.07) is 1.68. The van der Waals surface area contributed by atoms with E-state index in [2.05, 4.69) is 20.0 Å². The molecule has 0 fully saturated rings. The summed E-state index contributed by atoms with van der Waals surface area (Å²) in [5.74, 6) is 2.28. The van der Waals surface area contributed by atoms with Crippen molar-refractivity contribution in [3.63, 3.8) is 0 Å². The van der Waals surface area contributed by atoms with Crippen LogP contribution in [0.3, 0.4) is 0 Å². The van der Waals surface area contributed by atoms with Crippen molar-refractivity contribution in [1.82, 2.24) is 24.2 Å². The number of rotatable bonds is 3. The van der Waals surface area contributed by atoms with E-state index in [0.717, 1.165) is 31.8 Å². The lowest BCUT2D eigenvalue weighted by Crippen LogP contribution is -2.37. The number of aromatic nitrogens is 4. The second-order valence-electron chi connectivity index (χ2n) is 5.55. The van der Waals surface area contributed by atoms with Gasteiger partial charge in [0, 0.05) is 52.1 Å². The molecule has 1 unspecified atom stereocenters. The van der Waals surface area contributed by atoms with Crippen molar-refractivity contribution in [3.8, 4) is 0 Å². The molecular weight excluding hydrogens is 268 g/mol. The number of amides is 2. The number of carbonyl (C=O) groups excluding carboxylic acids is 1.